The molecular formula is C14H19NO3. The highest BCUT2D eigenvalue weighted by atomic mass is 16.5. The third-order valence-electron chi connectivity index (χ3n) is 3.35. The molecule has 1 fully saturated rings. The van der Waals surface area contributed by atoms with Gasteiger partial charge in [-0.05, 0) is 25.3 Å². The van der Waals surface area contributed by atoms with E-state index in [4.69, 9.17) is 0 Å². The molecule has 0 aromatic heterocycles. The number of para-hydroxylation sites is 1. The summed E-state index contributed by atoms with van der Waals surface area (Å²) in [5, 5.41) is 10.00. The van der Waals surface area contributed by atoms with Crippen LogP contribution in [0, 0.1) is 0 Å². The summed E-state index contributed by atoms with van der Waals surface area (Å²) in [6.45, 7) is 1.95. The molecule has 0 bridgehead atoms. The highest BCUT2D eigenvalue weighted by Gasteiger charge is 2.23. The number of methoxy groups -OCH3 is 1. The Balaban J connectivity index is 2.27. The average Bonchev–Trinajstić information content (AvgIpc) is 2.46. The molecule has 1 unspecified atom stereocenters. The number of hydrogen-bond acceptors (Lipinski definition) is 4. The first-order valence-electron chi connectivity index (χ1n) is 6.34. The van der Waals surface area contributed by atoms with Gasteiger partial charge in [-0.3, -0.25) is 0 Å². The minimum absolute atomic E-state index is 0.612. The molecule has 1 heterocycles. The van der Waals surface area contributed by atoms with Crippen LogP contribution >= 0.6 is 0 Å². The number of anilines is 1. The average molecular weight is 249 g/mol. The van der Waals surface area contributed by atoms with E-state index in [2.05, 4.69) is 9.64 Å². The molecule has 1 aromatic carbocycles. The molecule has 4 nitrogen and oxygen atoms in total. The molecule has 1 aliphatic rings. The predicted molar refractivity (Wildman–Crippen MR) is 69.5 cm³/mol. The van der Waals surface area contributed by atoms with Crippen molar-refractivity contribution in [2.75, 3.05) is 25.1 Å². The zero-order valence-corrected chi connectivity index (χ0v) is 10.6. The van der Waals surface area contributed by atoms with Crippen molar-refractivity contribution in [2.45, 2.75) is 25.4 Å². The van der Waals surface area contributed by atoms with Crippen LogP contribution in [0.4, 0.5) is 5.69 Å². The Kier molecular flexibility index (Phi) is 4.20. The van der Waals surface area contributed by atoms with Gasteiger partial charge in [-0.2, -0.15) is 0 Å². The molecule has 0 radical (unpaired) electrons. The summed E-state index contributed by atoms with van der Waals surface area (Å²) in [6, 6.07) is 7.49. The maximum Gasteiger partial charge on any atom is 0.339 e. The molecule has 1 atom stereocenters. The molecule has 1 aromatic rings. The standard InChI is InChI=1S/C14H19NO3/c1-18-14(17)13(16)11-7-3-4-8-12(11)15-9-5-2-6-10-15/h3-4,7-8,13,16H,2,5-6,9-10H2,1H3. The van der Waals surface area contributed by atoms with Gasteiger partial charge in [-0.1, -0.05) is 18.2 Å². The Morgan fingerprint density at radius 3 is 2.61 bits per heavy atom. The lowest BCUT2D eigenvalue weighted by Gasteiger charge is -2.31. The van der Waals surface area contributed by atoms with Crippen LogP contribution in [0.5, 0.6) is 0 Å². The third-order valence-corrected chi connectivity index (χ3v) is 3.35. The minimum Gasteiger partial charge on any atom is -0.467 e. The normalized spacial score (nSPS) is 17.3. The van der Waals surface area contributed by atoms with E-state index in [1.807, 2.05) is 18.2 Å². The van der Waals surface area contributed by atoms with Gasteiger partial charge in [0.2, 0.25) is 0 Å². The van der Waals surface area contributed by atoms with Crippen LogP contribution in [0.3, 0.4) is 0 Å². The number of ether oxygens (including phenoxy) is 1. The van der Waals surface area contributed by atoms with Crippen LogP contribution in [0.2, 0.25) is 0 Å². The van der Waals surface area contributed by atoms with Crippen LogP contribution in [-0.2, 0) is 9.53 Å². The van der Waals surface area contributed by atoms with Gasteiger partial charge in [0.05, 0.1) is 7.11 Å². The first-order chi connectivity index (χ1) is 8.74. The van der Waals surface area contributed by atoms with Crippen molar-refractivity contribution in [1.82, 2.24) is 0 Å². The maximum atomic E-state index is 11.5. The van der Waals surface area contributed by atoms with Crippen molar-refractivity contribution in [1.29, 1.82) is 0 Å². The summed E-state index contributed by atoms with van der Waals surface area (Å²) >= 11 is 0. The van der Waals surface area contributed by atoms with E-state index in [9.17, 15) is 9.90 Å². The van der Waals surface area contributed by atoms with Gasteiger partial charge in [0.25, 0.3) is 0 Å². The third kappa shape index (κ3) is 2.64. The maximum absolute atomic E-state index is 11.5. The number of carbonyl (C=O) groups excluding carboxylic acids is 1. The van der Waals surface area contributed by atoms with E-state index >= 15 is 0 Å². The Bertz CT molecular complexity index is 413. The van der Waals surface area contributed by atoms with Crippen LogP contribution in [-0.4, -0.2) is 31.3 Å². The molecule has 1 saturated heterocycles. The fourth-order valence-corrected chi connectivity index (χ4v) is 2.38. The van der Waals surface area contributed by atoms with Crippen LogP contribution in [0.25, 0.3) is 0 Å². The lowest BCUT2D eigenvalue weighted by Crippen LogP contribution is -2.31. The van der Waals surface area contributed by atoms with Gasteiger partial charge in [0.15, 0.2) is 6.10 Å². The molecule has 98 valence electrons. The summed E-state index contributed by atoms with van der Waals surface area (Å²) in [4.78, 5) is 13.7. The lowest BCUT2D eigenvalue weighted by molar-refractivity contribution is -0.150. The Morgan fingerprint density at radius 1 is 1.28 bits per heavy atom. The first kappa shape index (κ1) is 12.9. The summed E-state index contributed by atoms with van der Waals surface area (Å²) in [7, 11) is 1.29. The second-order valence-corrected chi connectivity index (χ2v) is 4.53. The fraction of sp³-hybridized carbons (Fsp3) is 0.500. The number of benzene rings is 1. The SMILES string of the molecule is COC(=O)C(O)c1ccccc1N1CCCCC1. The second kappa shape index (κ2) is 5.87. The molecule has 0 aliphatic carbocycles. The molecule has 0 spiro atoms. The van der Waals surface area contributed by atoms with Crippen LogP contribution in [0.15, 0.2) is 24.3 Å². The zero-order chi connectivity index (χ0) is 13.0. The van der Waals surface area contributed by atoms with Crippen molar-refractivity contribution in [2.24, 2.45) is 0 Å². The quantitative estimate of drug-likeness (QED) is 0.831. The number of aliphatic hydroxyl groups is 1. The van der Waals surface area contributed by atoms with Crippen LogP contribution < -0.4 is 4.90 Å². The number of nitrogens with zero attached hydrogens (tertiary/aromatic N) is 1. The monoisotopic (exact) mass is 249 g/mol. The van der Waals surface area contributed by atoms with E-state index in [1.165, 1.54) is 13.5 Å². The van der Waals surface area contributed by atoms with E-state index < -0.39 is 12.1 Å². The highest BCUT2D eigenvalue weighted by Crippen LogP contribution is 2.29. The topological polar surface area (TPSA) is 49.8 Å². The van der Waals surface area contributed by atoms with E-state index in [1.54, 1.807) is 6.07 Å². The van der Waals surface area contributed by atoms with Gasteiger partial charge in [-0.25, -0.2) is 4.79 Å². The van der Waals surface area contributed by atoms with E-state index in [0.29, 0.717) is 5.56 Å². The highest BCUT2D eigenvalue weighted by molar-refractivity contribution is 5.79. The zero-order valence-electron chi connectivity index (χ0n) is 10.6. The molecule has 0 amide bonds. The number of aliphatic hydroxyl groups excluding tert-OH is 1. The summed E-state index contributed by atoms with van der Waals surface area (Å²) < 4.78 is 4.60. The fourth-order valence-electron chi connectivity index (χ4n) is 2.38. The molecule has 0 saturated carbocycles. The van der Waals surface area contributed by atoms with Crippen molar-refractivity contribution >= 4 is 11.7 Å². The molecule has 1 N–H and O–H groups in total. The minimum atomic E-state index is -1.20. The van der Waals surface area contributed by atoms with Gasteiger partial charge < -0.3 is 14.7 Å². The van der Waals surface area contributed by atoms with Gasteiger partial charge in [0.1, 0.15) is 0 Å². The van der Waals surface area contributed by atoms with Crippen LogP contribution in [0.1, 0.15) is 30.9 Å². The Hall–Kier alpha value is -1.55. The van der Waals surface area contributed by atoms with E-state index in [-0.39, 0.29) is 0 Å². The van der Waals surface area contributed by atoms with Crippen molar-refractivity contribution < 1.29 is 14.6 Å². The van der Waals surface area contributed by atoms with Gasteiger partial charge in [0, 0.05) is 24.3 Å². The largest absolute Gasteiger partial charge is 0.467 e. The van der Waals surface area contributed by atoms with Gasteiger partial charge >= 0.3 is 5.97 Å². The predicted octanol–water partition coefficient (Wildman–Crippen LogP) is 1.88. The second-order valence-electron chi connectivity index (χ2n) is 4.53. The Morgan fingerprint density at radius 2 is 1.94 bits per heavy atom. The summed E-state index contributed by atoms with van der Waals surface area (Å²) in [5.41, 5.74) is 1.57. The summed E-state index contributed by atoms with van der Waals surface area (Å²) in [6.07, 6.45) is 2.36. The summed E-state index contributed by atoms with van der Waals surface area (Å²) in [5.74, 6) is -0.612. The smallest absolute Gasteiger partial charge is 0.339 e. The lowest BCUT2D eigenvalue weighted by atomic mass is 10.0. The van der Waals surface area contributed by atoms with Crippen molar-refractivity contribution in [3.8, 4) is 0 Å². The number of rotatable bonds is 3. The number of hydrogen-bond donors (Lipinski definition) is 1. The molecule has 1 aliphatic heterocycles. The number of piperidine rings is 1. The molecule has 4 heteroatoms. The van der Waals surface area contributed by atoms with Crippen molar-refractivity contribution in [3.63, 3.8) is 0 Å². The molecule has 18 heavy (non-hydrogen) atoms. The van der Waals surface area contributed by atoms with Crippen molar-refractivity contribution in [3.05, 3.63) is 29.8 Å². The Labute approximate surface area is 107 Å². The van der Waals surface area contributed by atoms with E-state index in [0.717, 1.165) is 31.6 Å². The molecule has 2 rings (SSSR count). The molecular weight excluding hydrogens is 230 g/mol. The first-order valence-corrected chi connectivity index (χ1v) is 6.34. The van der Waals surface area contributed by atoms with Gasteiger partial charge in [-0.15, -0.1) is 0 Å². The number of carbonyl (C=O) groups is 1. The number of esters is 1.